The minimum Gasteiger partial charge on any atom is -0.507 e. The Balaban J connectivity index is 2.19. The van der Waals surface area contributed by atoms with Gasteiger partial charge in [0.25, 0.3) is 5.91 Å². The molecule has 0 unspecified atom stereocenters. The van der Waals surface area contributed by atoms with Crippen LogP contribution in [0.15, 0.2) is 41.5 Å². The second-order valence-electron chi connectivity index (χ2n) is 5.31. The summed E-state index contributed by atoms with van der Waals surface area (Å²) >= 11 is 0. The van der Waals surface area contributed by atoms with E-state index in [1.54, 1.807) is 24.3 Å². The molecule has 2 aromatic carbocycles. The van der Waals surface area contributed by atoms with Gasteiger partial charge in [-0.25, -0.2) is 5.43 Å². The number of hydrogen-bond donors (Lipinski definition) is 2. The van der Waals surface area contributed by atoms with Crippen LogP contribution in [0.4, 0.5) is 13.2 Å². The molecule has 0 fully saturated rings. The molecule has 0 aliphatic rings. The van der Waals surface area contributed by atoms with Crippen molar-refractivity contribution in [3.63, 3.8) is 0 Å². The third-order valence-corrected chi connectivity index (χ3v) is 3.27. The number of carbonyl (C=O) groups excluding carboxylic acids is 1. The molecule has 0 bridgehead atoms. The van der Waals surface area contributed by atoms with E-state index in [-0.39, 0.29) is 5.56 Å². The van der Waals surface area contributed by atoms with Crippen LogP contribution in [0.5, 0.6) is 5.75 Å². The molecule has 0 heterocycles. The van der Waals surface area contributed by atoms with Crippen LogP contribution in [0.2, 0.25) is 0 Å². The van der Waals surface area contributed by atoms with Crippen LogP contribution in [-0.2, 0) is 6.18 Å². The van der Waals surface area contributed by atoms with Gasteiger partial charge in [0.1, 0.15) is 5.75 Å². The summed E-state index contributed by atoms with van der Waals surface area (Å²) in [7, 11) is 0. The normalized spacial score (nSPS) is 11.7. The van der Waals surface area contributed by atoms with Gasteiger partial charge >= 0.3 is 6.18 Å². The van der Waals surface area contributed by atoms with Crippen LogP contribution in [0.25, 0.3) is 0 Å². The Morgan fingerprint density at radius 2 is 1.75 bits per heavy atom. The molecule has 24 heavy (non-hydrogen) atoms. The third kappa shape index (κ3) is 4.13. The number of nitrogens with zero attached hydrogens (tertiary/aromatic N) is 1. The van der Waals surface area contributed by atoms with E-state index in [4.69, 9.17) is 0 Å². The van der Waals surface area contributed by atoms with Crippen LogP contribution in [0.3, 0.4) is 0 Å². The molecule has 0 atom stereocenters. The van der Waals surface area contributed by atoms with Gasteiger partial charge in [-0.1, -0.05) is 17.7 Å². The Morgan fingerprint density at radius 1 is 1.12 bits per heavy atom. The highest BCUT2D eigenvalue weighted by Gasteiger charge is 2.34. The molecule has 0 aliphatic heterocycles. The number of halogens is 3. The number of hydrogen-bond acceptors (Lipinski definition) is 3. The van der Waals surface area contributed by atoms with E-state index in [2.05, 4.69) is 10.5 Å². The SMILES string of the molecule is Cc1ccc(C(=O)N/N=C/c2cc(C)cc(C(F)(F)F)c2O)cc1. The van der Waals surface area contributed by atoms with Crippen molar-refractivity contribution in [2.75, 3.05) is 0 Å². The van der Waals surface area contributed by atoms with Gasteiger partial charge in [0.05, 0.1) is 11.8 Å². The average molecular weight is 336 g/mol. The number of amides is 1. The summed E-state index contributed by atoms with van der Waals surface area (Å²) in [5, 5.41) is 13.4. The van der Waals surface area contributed by atoms with E-state index < -0.39 is 23.4 Å². The van der Waals surface area contributed by atoms with Crippen molar-refractivity contribution in [3.05, 3.63) is 64.2 Å². The second kappa shape index (κ2) is 6.74. The smallest absolute Gasteiger partial charge is 0.419 e. The number of aryl methyl sites for hydroxylation is 2. The summed E-state index contributed by atoms with van der Waals surface area (Å²) in [6.07, 6.45) is -3.70. The van der Waals surface area contributed by atoms with Gasteiger partial charge in [-0.3, -0.25) is 4.79 Å². The molecule has 2 rings (SSSR count). The highest BCUT2D eigenvalue weighted by Crippen LogP contribution is 2.37. The van der Waals surface area contributed by atoms with Crippen molar-refractivity contribution < 1.29 is 23.1 Å². The first-order valence-corrected chi connectivity index (χ1v) is 6.99. The van der Waals surface area contributed by atoms with Crippen molar-refractivity contribution in [1.82, 2.24) is 5.43 Å². The van der Waals surface area contributed by atoms with Crippen molar-refractivity contribution in [3.8, 4) is 5.75 Å². The Labute approximate surface area is 136 Å². The second-order valence-corrected chi connectivity index (χ2v) is 5.31. The Morgan fingerprint density at radius 3 is 2.33 bits per heavy atom. The number of phenols is 1. The zero-order valence-corrected chi connectivity index (χ0v) is 13.0. The summed E-state index contributed by atoms with van der Waals surface area (Å²) < 4.78 is 38.5. The van der Waals surface area contributed by atoms with Gasteiger partial charge in [-0.15, -0.1) is 0 Å². The van der Waals surface area contributed by atoms with Crippen LogP contribution >= 0.6 is 0 Å². The maximum absolute atomic E-state index is 12.8. The first kappa shape index (κ1) is 17.5. The predicted octanol–water partition coefficient (Wildman–Crippen LogP) is 3.79. The van der Waals surface area contributed by atoms with Crippen LogP contribution in [0, 0.1) is 13.8 Å². The lowest BCUT2D eigenvalue weighted by molar-refractivity contribution is -0.138. The first-order valence-electron chi connectivity index (χ1n) is 6.99. The molecule has 7 heteroatoms. The summed E-state index contributed by atoms with van der Waals surface area (Å²) in [4.78, 5) is 11.9. The fourth-order valence-corrected chi connectivity index (χ4v) is 2.05. The van der Waals surface area contributed by atoms with Crippen molar-refractivity contribution >= 4 is 12.1 Å². The number of rotatable bonds is 3. The summed E-state index contributed by atoms with van der Waals surface area (Å²) in [5.74, 6) is -1.43. The van der Waals surface area contributed by atoms with E-state index in [1.807, 2.05) is 6.92 Å². The number of benzene rings is 2. The summed E-state index contributed by atoms with van der Waals surface area (Å²) in [6, 6.07) is 8.89. The fraction of sp³-hybridized carbons (Fsp3) is 0.176. The number of nitrogens with one attached hydrogen (secondary N) is 1. The molecule has 2 aromatic rings. The van der Waals surface area contributed by atoms with Crippen molar-refractivity contribution in [2.45, 2.75) is 20.0 Å². The van der Waals surface area contributed by atoms with Crippen LogP contribution in [0.1, 0.15) is 32.6 Å². The monoisotopic (exact) mass is 336 g/mol. The van der Waals surface area contributed by atoms with Gasteiger partial charge in [0.15, 0.2) is 0 Å². The molecule has 0 radical (unpaired) electrons. The number of carbonyl (C=O) groups is 1. The Hall–Kier alpha value is -2.83. The molecule has 0 aromatic heterocycles. The standard InChI is InChI=1S/C17H15F3N2O2/c1-10-3-5-12(6-4-10)16(24)22-21-9-13-7-11(2)8-14(15(13)23)17(18,19)20/h3-9,23H,1-2H3,(H,22,24)/b21-9+. The lowest BCUT2D eigenvalue weighted by Crippen LogP contribution is -2.17. The molecule has 0 spiro atoms. The largest absolute Gasteiger partial charge is 0.507 e. The van der Waals surface area contributed by atoms with Crippen molar-refractivity contribution in [2.24, 2.45) is 5.10 Å². The lowest BCUT2D eigenvalue weighted by atomic mass is 10.0. The summed E-state index contributed by atoms with van der Waals surface area (Å²) in [5.41, 5.74) is 2.59. The Kier molecular flexibility index (Phi) is 4.92. The van der Waals surface area contributed by atoms with Crippen LogP contribution < -0.4 is 5.43 Å². The molecule has 0 saturated carbocycles. The van der Waals surface area contributed by atoms with Gasteiger partial charge in [-0.05, 0) is 43.7 Å². The van der Waals surface area contributed by atoms with E-state index in [0.717, 1.165) is 17.8 Å². The van der Waals surface area contributed by atoms with E-state index >= 15 is 0 Å². The first-order chi connectivity index (χ1) is 11.2. The maximum atomic E-state index is 12.8. The van der Waals surface area contributed by atoms with Gasteiger partial charge < -0.3 is 5.11 Å². The highest BCUT2D eigenvalue weighted by molar-refractivity contribution is 5.95. The van der Waals surface area contributed by atoms with E-state index in [1.165, 1.54) is 13.0 Å². The lowest BCUT2D eigenvalue weighted by Gasteiger charge is -2.11. The Bertz CT molecular complexity index is 782. The van der Waals surface area contributed by atoms with E-state index in [0.29, 0.717) is 11.1 Å². The average Bonchev–Trinajstić information content (AvgIpc) is 2.49. The van der Waals surface area contributed by atoms with Crippen molar-refractivity contribution in [1.29, 1.82) is 0 Å². The maximum Gasteiger partial charge on any atom is 0.419 e. The molecule has 126 valence electrons. The van der Waals surface area contributed by atoms with Gasteiger partial charge in [-0.2, -0.15) is 18.3 Å². The predicted molar refractivity (Wildman–Crippen MR) is 84.1 cm³/mol. The topological polar surface area (TPSA) is 61.7 Å². The molecule has 0 aliphatic carbocycles. The zero-order chi connectivity index (χ0) is 17.9. The molecule has 1 amide bonds. The number of alkyl halides is 3. The number of phenolic OH excluding ortho intramolecular Hbond substituents is 1. The molecule has 4 nitrogen and oxygen atoms in total. The highest BCUT2D eigenvalue weighted by atomic mass is 19.4. The molecule has 0 saturated heterocycles. The fourth-order valence-electron chi connectivity index (χ4n) is 2.05. The van der Waals surface area contributed by atoms with Gasteiger partial charge in [0.2, 0.25) is 0 Å². The number of hydrazone groups is 1. The minimum absolute atomic E-state index is 0.133. The third-order valence-electron chi connectivity index (χ3n) is 3.27. The van der Waals surface area contributed by atoms with E-state index in [9.17, 15) is 23.1 Å². The van der Waals surface area contributed by atoms with Crippen LogP contribution in [-0.4, -0.2) is 17.2 Å². The summed E-state index contributed by atoms with van der Waals surface area (Å²) in [6.45, 7) is 3.34. The molecular formula is C17H15F3N2O2. The molecule has 2 N–H and O–H groups in total. The zero-order valence-electron chi connectivity index (χ0n) is 13.0. The molecular weight excluding hydrogens is 321 g/mol. The quantitative estimate of drug-likeness (QED) is 0.662. The minimum atomic E-state index is -4.68. The number of aromatic hydroxyl groups is 1. The van der Waals surface area contributed by atoms with Gasteiger partial charge in [0, 0.05) is 11.1 Å².